The van der Waals surface area contributed by atoms with Crippen molar-refractivity contribution in [2.24, 2.45) is 0 Å². The van der Waals surface area contributed by atoms with E-state index in [2.05, 4.69) is 74.9 Å². The summed E-state index contributed by atoms with van der Waals surface area (Å²) in [6.45, 7) is 2.14. The first-order valence-electron chi connectivity index (χ1n) is 8.81. The van der Waals surface area contributed by atoms with Gasteiger partial charge in [-0.3, -0.25) is 0 Å². The Kier molecular flexibility index (Phi) is 3.36. The molecule has 2 aliphatic rings. The fourth-order valence-electron chi connectivity index (χ4n) is 4.08. The molecule has 0 amide bonds. The van der Waals surface area contributed by atoms with Gasteiger partial charge in [-0.15, -0.1) is 0 Å². The van der Waals surface area contributed by atoms with Gasteiger partial charge in [0.2, 0.25) is 0 Å². The summed E-state index contributed by atoms with van der Waals surface area (Å²) in [7, 11) is 2.27. The van der Waals surface area contributed by atoms with Crippen LogP contribution in [0.15, 0.2) is 46.9 Å². The van der Waals surface area contributed by atoms with Crippen LogP contribution in [-0.4, -0.2) is 29.1 Å². The highest BCUT2D eigenvalue weighted by Crippen LogP contribution is 2.39. The van der Waals surface area contributed by atoms with Gasteiger partial charge >= 0.3 is 0 Å². The highest BCUT2D eigenvalue weighted by atomic mass is 79.9. The maximum absolute atomic E-state index is 3.80. The van der Waals surface area contributed by atoms with Crippen molar-refractivity contribution < 1.29 is 0 Å². The van der Waals surface area contributed by atoms with Crippen molar-refractivity contribution in [1.29, 1.82) is 0 Å². The van der Waals surface area contributed by atoms with Crippen molar-refractivity contribution >= 4 is 26.8 Å². The van der Waals surface area contributed by atoms with Crippen molar-refractivity contribution in [2.45, 2.75) is 31.8 Å². The number of nitrogens with zero attached hydrogens (tertiary/aromatic N) is 2. The lowest BCUT2D eigenvalue weighted by atomic mass is 10.0. The monoisotopic (exact) mass is 380 g/mol. The lowest BCUT2D eigenvalue weighted by molar-refractivity contribution is 0.328. The molecule has 0 saturated heterocycles. The van der Waals surface area contributed by atoms with Crippen LogP contribution in [0.4, 0.5) is 0 Å². The molecular weight excluding hydrogens is 360 g/mol. The van der Waals surface area contributed by atoms with Crippen molar-refractivity contribution in [3.63, 3.8) is 0 Å². The molecule has 1 saturated carbocycles. The summed E-state index contributed by atoms with van der Waals surface area (Å²) >= 11 is 3.80. The molecule has 1 fully saturated rings. The van der Waals surface area contributed by atoms with E-state index < -0.39 is 0 Å². The fourth-order valence-corrected chi connectivity index (χ4v) is 4.62. The van der Waals surface area contributed by atoms with E-state index in [1.54, 1.807) is 0 Å². The number of fused-ring (bicyclic) bond motifs is 5. The largest absolute Gasteiger partial charge is 0.336 e. The Morgan fingerprint density at radius 1 is 1.17 bits per heavy atom. The molecule has 122 valence electrons. The van der Waals surface area contributed by atoms with Gasteiger partial charge in [0.15, 0.2) is 0 Å². The first-order valence-corrected chi connectivity index (χ1v) is 9.61. The molecule has 2 heterocycles. The molecule has 3 aromatic rings. The van der Waals surface area contributed by atoms with Crippen LogP contribution >= 0.6 is 15.9 Å². The molecule has 2 nitrogen and oxygen atoms in total. The molecule has 0 radical (unpaired) electrons. The quantitative estimate of drug-likeness (QED) is 0.479. The molecule has 0 N–H and O–H groups in total. The van der Waals surface area contributed by atoms with Gasteiger partial charge in [0, 0.05) is 45.8 Å². The average Bonchev–Trinajstić information content (AvgIpc) is 3.29. The molecule has 0 unspecified atom stereocenters. The predicted molar refractivity (Wildman–Crippen MR) is 104 cm³/mol. The standard InChI is InChI=1S/C21H21BrN2/c1-23(15-6-7-15)11-10-17-18-12-21-16-5-3-2-4-14(16)13-24(21)20(18)9-8-19(17)22/h2-5,8-9,12,15H,6-7,10-11,13H2,1H3. The van der Waals surface area contributed by atoms with Crippen LogP contribution in [0, 0.1) is 0 Å². The fraction of sp³-hybridized carbons (Fsp3) is 0.333. The molecular formula is C21H21BrN2. The summed E-state index contributed by atoms with van der Waals surface area (Å²) in [5.74, 6) is 0. The molecule has 3 heteroatoms. The topological polar surface area (TPSA) is 8.17 Å². The van der Waals surface area contributed by atoms with Crippen LogP contribution in [0.1, 0.15) is 24.0 Å². The Morgan fingerprint density at radius 2 is 2.00 bits per heavy atom. The molecule has 0 spiro atoms. The molecule has 1 aromatic heterocycles. The molecule has 5 rings (SSSR count). The van der Waals surface area contributed by atoms with Gasteiger partial charge in [0.25, 0.3) is 0 Å². The number of likely N-dealkylation sites (N-methyl/N-ethyl adjacent to an activating group) is 1. The molecule has 0 atom stereocenters. The molecule has 0 bridgehead atoms. The summed E-state index contributed by atoms with van der Waals surface area (Å²) in [5.41, 5.74) is 7.03. The van der Waals surface area contributed by atoms with Crippen LogP contribution in [0.5, 0.6) is 0 Å². The van der Waals surface area contributed by atoms with Gasteiger partial charge in [-0.1, -0.05) is 40.2 Å². The Morgan fingerprint density at radius 3 is 2.83 bits per heavy atom. The Hall–Kier alpha value is -1.58. The number of hydrogen-bond donors (Lipinski definition) is 0. The molecule has 1 aliphatic heterocycles. The van der Waals surface area contributed by atoms with E-state index in [4.69, 9.17) is 0 Å². The predicted octanol–water partition coefficient (Wildman–Crippen LogP) is 5.07. The lowest BCUT2D eigenvalue weighted by Crippen LogP contribution is -2.23. The maximum Gasteiger partial charge on any atom is 0.0498 e. The molecule has 24 heavy (non-hydrogen) atoms. The van der Waals surface area contributed by atoms with Crippen LogP contribution in [-0.2, 0) is 13.0 Å². The SMILES string of the molecule is CN(CCc1c(Br)ccc2c1cc1n2Cc2ccccc2-1)C1CC1. The van der Waals surface area contributed by atoms with Crippen LogP contribution in [0.3, 0.4) is 0 Å². The van der Waals surface area contributed by atoms with E-state index in [1.165, 1.54) is 50.6 Å². The van der Waals surface area contributed by atoms with Crippen LogP contribution in [0.25, 0.3) is 22.2 Å². The van der Waals surface area contributed by atoms with Crippen LogP contribution < -0.4 is 0 Å². The highest BCUT2D eigenvalue weighted by molar-refractivity contribution is 9.10. The Balaban J connectivity index is 1.57. The van der Waals surface area contributed by atoms with Crippen molar-refractivity contribution in [1.82, 2.24) is 9.47 Å². The number of rotatable bonds is 4. The second kappa shape index (κ2) is 5.47. The molecule has 2 aromatic carbocycles. The Labute approximate surface area is 151 Å². The number of halogens is 1. The zero-order chi connectivity index (χ0) is 16.3. The van der Waals surface area contributed by atoms with Crippen LogP contribution in [0.2, 0.25) is 0 Å². The Bertz CT molecular complexity index is 936. The van der Waals surface area contributed by atoms with E-state index >= 15 is 0 Å². The average molecular weight is 381 g/mol. The number of hydrogen-bond acceptors (Lipinski definition) is 1. The third-order valence-corrected chi connectivity index (χ3v) is 6.39. The summed E-state index contributed by atoms with van der Waals surface area (Å²) in [5, 5.41) is 1.41. The normalized spacial score (nSPS) is 16.0. The summed E-state index contributed by atoms with van der Waals surface area (Å²) in [6, 6.07) is 16.5. The first kappa shape index (κ1) is 14.7. The van der Waals surface area contributed by atoms with Gasteiger partial charge in [-0.25, -0.2) is 0 Å². The lowest BCUT2D eigenvalue weighted by Gasteiger charge is -2.16. The zero-order valence-corrected chi connectivity index (χ0v) is 15.5. The summed E-state index contributed by atoms with van der Waals surface area (Å²) in [4.78, 5) is 2.52. The summed E-state index contributed by atoms with van der Waals surface area (Å²) < 4.78 is 3.72. The van der Waals surface area contributed by atoms with E-state index in [9.17, 15) is 0 Å². The first-order chi connectivity index (χ1) is 11.7. The van der Waals surface area contributed by atoms with E-state index in [1.807, 2.05) is 0 Å². The van der Waals surface area contributed by atoms with E-state index in [0.29, 0.717) is 0 Å². The number of benzene rings is 2. The third kappa shape index (κ3) is 2.26. The highest BCUT2D eigenvalue weighted by Gasteiger charge is 2.26. The second-order valence-electron chi connectivity index (χ2n) is 7.19. The van der Waals surface area contributed by atoms with Crippen molar-refractivity contribution in [2.75, 3.05) is 13.6 Å². The van der Waals surface area contributed by atoms with Crippen molar-refractivity contribution in [3.05, 3.63) is 58.1 Å². The van der Waals surface area contributed by atoms with Crippen molar-refractivity contribution in [3.8, 4) is 11.3 Å². The zero-order valence-electron chi connectivity index (χ0n) is 13.9. The van der Waals surface area contributed by atoms with Gasteiger partial charge in [-0.05, 0) is 55.6 Å². The van der Waals surface area contributed by atoms with Gasteiger partial charge < -0.3 is 9.47 Å². The van der Waals surface area contributed by atoms with Gasteiger partial charge in [0.05, 0.1) is 0 Å². The maximum atomic E-state index is 3.80. The van der Waals surface area contributed by atoms with E-state index in [0.717, 1.165) is 25.6 Å². The van der Waals surface area contributed by atoms with E-state index in [-0.39, 0.29) is 0 Å². The van der Waals surface area contributed by atoms with Gasteiger partial charge in [0.1, 0.15) is 0 Å². The smallest absolute Gasteiger partial charge is 0.0498 e. The second-order valence-corrected chi connectivity index (χ2v) is 8.05. The minimum Gasteiger partial charge on any atom is -0.336 e. The number of aromatic nitrogens is 1. The molecule has 1 aliphatic carbocycles. The summed E-state index contributed by atoms with van der Waals surface area (Å²) in [6.07, 6.45) is 3.86. The minimum atomic E-state index is 0.828. The third-order valence-electron chi connectivity index (χ3n) is 5.65. The van der Waals surface area contributed by atoms with Gasteiger partial charge in [-0.2, -0.15) is 0 Å². The minimum absolute atomic E-state index is 0.828.